The Hall–Kier alpha value is -0.380. The second kappa shape index (κ2) is 6.69. The van der Waals surface area contributed by atoms with Gasteiger partial charge in [-0.3, -0.25) is 0 Å². The van der Waals surface area contributed by atoms with E-state index in [1.54, 1.807) is 0 Å². The molecule has 1 saturated carbocycles. The zero-order valence-electron chi connectivity index (χ0n) is 11.1. The van der Waals surface area contributed by atoms with Crippen molar-refractivity contribution >= 4 is 15.9 Å². The Balaban J connectivity index is 1.77. The van der Waals surface area contributed by atoms with Crippen molar-refractivity contribution in [3.05, 3.63) is 34.3 Å². The molecule has 0 amide bonds. The fourth-order valence-electron chi connectivity index (χ4n) is 2.68. The standard InChI is InChI=1S/C15H23BrN2/c1-18(15-8-6-14(17)7-9-15)11-10-12-2-4-13(16)5-3-12/h2-5,14-15H,6-11,17H2,1H3. The summed E-state index contributed by atoms with van der Waals surface area (Å²) in [6.45, 7) is 1.14. The van der Waals surface area contributed by atoms with Gasteiger partial charge >= 0.3 is 0 Å². The van der Waals surface area contributed by atoms with Gasteiger partial charge in [0.1, 0.15) is 0 Å². The summed E-state index contributed by atoms with van der Waals surface area (Å²) in [4.78, 5) is 2.51. The van der Waals surface area contributed by atoms with Crippen LogP contribution in [0.4, 0.5) is 0 Å². The number of likely N-dealkylation sites (N-methyl/N-ethyl adjacent to an activating group) is 1. The van der Waals surface area contributed by atoms with Crippen molar-refractivity contribution in [2.75, 3.05) is 13.6 Å². The van der Waals surface area contributed by atoms with Crippen molar-refractivity contribution in [2.45, 2.75) is 44.2 Å². The fraction of sp³-hybridized carbons (Fsp3) is 0.600. The van der Waals surface area contributed by atoms with E-state index in [0.29, 0.717) is 6.04 Å². The van der Waals surface area contributed by atoms with Crippen LogP contribution in [0.25, 0.3) is 0 Å². The predicted octanol–water partition coefficient (Wildman–Crippen LogP) is 3.19. The lowest BCUT2D eigenvalue weighted by molar-refractivity contribution is 0.185. The third kappa shape index (κ3) is 4.08. The van der Waals surface area contributed by atoms with Crippen molar-refractivity contribution in [1.29, 1.82) is 0 Å². The van der Waals surface area contributed by atoms with Crippen molar-refractivity contribution in [2.24, 2.45) is 5.73 Å². The second-order valence-electron chi connectivity index (χ2n) is 5.43. The smallest absolute Gasteiger partial charge is 0.0175 e. The molecule has 2 rings (SSSR count). The third-order valence-electron chi connectivity index (χ3n) is 4.03. The van der Waals surface area contributed by atoms with Crippen LogP contribution in [-0.2, 0) is 6.42 Å². The molecule has 1 aromatic carbocycles. The van der Waals surface area contributed by atoms with Gasteiger partial charge in [0.15, 0.2) is 0 Å². The van der Waals surface area contributed by atoms with E-state index in [9.17, 15) is 0 Å². The largest absolute Gasteiger partial charge is 0.328 e. The number of hydrogen-bond acceptors (Lipinski definition) is 2. The van der Waals surface area contributed by atoms with Gasteiger partial charge in [-0.2, -0.15) is 0 Å². The van der Waals surface area contributed by atoms with Crippen LogP contribution in [0.2, 0.25) is 0 Å². The molecule has 0 aromatic heterocycles. The van der Waals surface area contributed by atoms with E-state index < -0.39 is 0 Å². The topological polar surface area (TPSA) is 29.3 Å². The molecule has 18 heavy (non-hydrogen) atoms. The molecule has 0 bridgehead atoms. The van der Waals surface area contributed by atoms with Gasteiger partial charge in [0.05, 0.1) is 0 Å². The fourth-order valence-corrected chi connectivity index (χ4v) is 2.95. The average Bonchev–Trinajstić information content (AvgIpc) is 2.38. The summed E-state index contributed by atoms with van der Waals surface area (Å²) in [6, 6.07) is 9.83. The van der Waals surface area contributed by atoms with Gasteiger partial charge in [0, 0.05) is 23.1 Å². The number of nitrogens with two attached hydrogens (primary N) is 1. The maximum Gasteiger partial charge on any atom is 0.0175 e. The van der Waals surface area contributed by atoms with Crippen LogP contribution < -0.4 is 5.73 Å². The molecule has 0 atom stereocenters. The van der Waals surface area contributed by atoms with Gasteiger partial charge in [-0.25, -0.2) is 0 Å². The SMILES string of the molecule is CN(CCc1ccc(Br)cc1)C1CCC(N)CC1. The van der Waals surface area contributed by atoms with E-state index >= 15 is 0 Å². The van der Waals surface area contributed by atoms with E-state index in [1.165, 1.54) is 31.2 Å². The van der Waals surface area contributed by atoms with Crippen molar-refractivity contribution < 1.29 is 0 Å². The summed E-state index contributed by atoms with van der Waals surface area (Å²) < 4.78 is 1.15. The molecule has 0 radical (unpaired) electrons. The summed E-state index contributed by atoms with van der Waals surface area (Å²) >= 11 is 3.47. The van der Waals surface area contributed by atoms with Crippen molar-refractivity contribution in [3.8, 4) is 0 Å². The van der Waals surface area contributed by atoms with Gasteiger partial charge < -0.3 is 10.6 Å². The first-order valence-corrected chi connectivity index (χ1v) is 7.64. The molecule has 1 aliphatic carbocycles. The van der Waals surface area contributed by atoms with Crippen LogP contribution in [0, 0.1) is 0 Å². The van der Waals surface area contributed by atoms with Crippen molar-refractivity contribution in [1.82, 2.24) is 4.90 Å². The second-order valence-corrected chi connectivity index (χ2v) is 6.34. The first-order chi connectivity index (χ1) is 8.65. The molecule has 0 heterocycles. The maximum atomic E-state index is 5.95. The van der Waals surface area contributed by atoms with Crippen LogP contribution in [0.5, 0.6) is 0 Å². The van der Waals surface area contributed by atoms with Gasteiger partial charge in [-0.1, -0.05) is 28.1 Å². The Kier molecular flexibility index (Phi) is 5.22. The number of benzene rings is 1. The molecular weight excluding hydrogens is 288 g/mol. The predicted molar refractivity (Wildman–Crippen MR) is 80.7 cm³/mol. The summed E-state index contributed by atoms with van der Waals surface area (Å²) in [5.74, 6) is 0. The van der Waals surface area contributed by atoms with E-state index in [-0.39, 0.29) is 0 Å². The van der Waals surface area contributed by atoms with Gasteiger partial charge in [-0.15, -0.1) is 0 Å². The lowest BCUT2D eigenvalue weighted by Crippen LogP contribution is -2.39. The van der Waals surface area contributed by atoms with E-state index in [4.69, 9.17) is 5.73 Å². The molecule has 0 saturated heterocycles. The van der Waals surface area contributed by atoms with Crippen LogP contribution in [-0.4, -0.2) is 30.6 Å². The zero-order chi connectivity index (χ0) is 13.0. The van der Waals surface area contributed by atoms with E-state index in [2.05, 4.69) is 52.1 Å². The number of nitrogens with zero attached hydrogens (tertiary/aromatic N) is 1. The Morgan fingerprint density at radius 3 is 2.39 bits per heavy atom. The van der Waals surface area contributed by atoms with E-state index in [0.717, 1.165) is 23.5 Å². The minimum absolute atomic E-state index is 0.445. The maximum absolute atomic E-state index is 5.95. The molecule has 2 nitrogen and oxygen atoms in total. The van der Waals surface area contributed by atoms with Gasteiger partial charge in [0.2, 0.25) is 0 Å². The highest BCUT2D eigenvalue weighted by atomic mass is 79.9. The molecule has 0 spiro atoms. The molecule has 2 N–H and O–H groups in total. The molecule has 1 aromatic rings. The molecule has 0 aliphatic heterocycles. The van der Waals surface area contributed by atoms with Crippen molar-refractivity contribution in [3.63, 3.8) is 0 Å². The summed E-state index contributed by atoms with van der Waals surface area (Å²) in [7, 11) is 2.25. The van der Waals surface area contributed by atoms with E-state index in [1.807, 2.05) is 0 Å². The van der Waals surface area contributed by atoms with Crippen LogP contribution in [0.15, 0.2) is 28.7 Å². The minimum atomic E-state index is 0.445. The zero-order valence-corrected chi connectivity index (χ0v) is 12.7. The van der Waals surface area contributed by atoms with Crippen LogP contribution >= 0.6 is 15.9 Å². The monoisotopic (exact) mass is 310 g/mol. The number of rotatable bonds is 4. The van der Waals surface area contributed by atoms with Crippen LogP contribution in [0.1, 0.15) is 31.2 Å². The Bertz CT molecular complexity index is 355. The molecular formula is C15H23BrN2. The summed E-state index contributed by atoms with van der Waals surface area (Å²) in [5.41, 5.74) is 7.37. The Morgan fingerprint density at radius 1 is 1.17 bits per heavy atom. The average molecular weight is 311 g/mol. The highest BCUT2D eigenvalue weighted by Gasteiger charge is 2.21. The lowest BCUT2D eigenvalue weighted by Gasteiger charge is -2.33. The Morgan fingerprint density at radius 2 is 1.78 bits per heavy atom. The third-order valence-corrected chi connectivity index (χ3v) is 4.56. The first-order valence-electron chi connectivity index (χ1n) is 6.85. The lowest BCUT2D eigenvalue weighted by atomic mass is 9.91. The molecule has 3 heteroatoms. The quantitative estimate of drug-likeness (QED) is 0.925. The summed E-state index contributed by atoms with van der Waals surface area (Å²) in [5, 5.41) is 0. The Labute approximate surface area is 119 Å². The number of halogens is 1. The molecule has 100 valence electrons. The summed E-state index contributed by atoms with van der Waals surface area (Å²) in [6.07, 6.45) is 6.03. The molecule has 0 unspecified atom stereocenters. The van der Waals surface area contributed by atoms with Gasteiger partial charge in [0.25, 0.3) is 0 Å². The first kappa shape index (κ1) is 14.0. The number of hydrogen-bond donors (Lipinski definition) is 1. The molecule has 1 fully saturated rings. The normalized spacial score (nSPS) is 24.4. The van der Waals surface area contributed by atoms with Gasteiger partial charge in [-0.05, 0) is 56.8 Å². The molecule has 1 aliphatic rings. The highest BCUT2D eigenvalue weighted by Crippen LogP contribution is 2.21. The highest BCUT2D eigenvalue weighted by molar-refractivity contribution is 9.10. The van der Waals surface area contributed by atoms with Crippen LogP contribution in [0.3, 0.4) is 0 Å². The minimum Gasteiger partial charge on any atom is -0.328 e.